The molecule has 0 aromatic heterocycles. The van der Waals surface area contributed by atoms with Crippen LogP contribution in [0.1, 0.15) is 29.5 Å². The van der Waals surface area contributed by atoms with Crippen molar-refractivity contribution in [3.05, 3.63) is 69.3 Å². The van der Waals surface area contributed by atoms with E-state index >= 15 is 0 Å². The Morgan fingerprint density at radius 3 is 2.75 bits per heavy atom. The van der Waals surface area contributed by atoms with E-state index in [1.54, 1.807) is 6.07 Å². The summed E-state index contributed by atoms with van der Waals surface area (Å²) in [5.41, 5.74) is 3.05. The van der Waals surface area contributed by atoms with Crippen LogP contribution in [0.15, 0.2) is 47.6 Å². The molecule has 0 N–H and O–H groups in total. The molecule has 0 radical (unpaired) electrons. The van der Waals surface area contributed by atoms with E-state index in [-0.39, 0.29) is 36.8 Å². The normalized spacial score (nSPS) is 13.9. The van der Waals surface area contributed by atoms with E-state index in [1.807, 2.05) is 32.0 Å². The van der Waals surface area contributed by atoms with Crippen LogP contribution in [0.2, 0.25) is 0 Å². The van der Waals surface area contributed by atoms with Crippen LogP contribution in [-0.2, 0) is 20.9 Å². The third-order valence-electron chi connectivity index (χ3n) is 4.35. The highest BCUT2D eigenvalue weighted by atomic mass is 16.6. The molecular weight excluding hydrogens is 362 g/mol. The fraction of sp³-hybridized carbons (Fsp3) is 0.250. The van der Waals surface area contributed by atoms with E-state index in [4.69, 9.17) is 4.74 Å². The molecule has 144 valence electrons. The molecule has 0 atom stereocenters. The Kier molecular flexibility index (Phi) is 5.49. The molecule has 0 saturated carbocycles. The van der Waals surface area contributed by atoms with E-state index in [0.717, 1.165) is 11.1 Å². The summed E-state index contributed by atoms with van der Waals surface area (Å²) in [5.74, 6) is -0.835. The molecular formula is C20H19N3O5. The Hall–Kier alpha value is -3.55. The van der Waals surface area contributed by atoms with Gasteiger partial charge in [0.1, 0.15) is 12.3 Å². The molecule has 0 fully saturated rings. The zero-order valence-electron chi connectivity index (χ0n) is 15.5. The molecule has 0 saturated heterocycles. The van der Waals surface area contributed by atoms with Crippen LogP contribution in [0.3, 0.4) is 0 Å². The predicted octanol–water partition coefficient (Wildman–Crippen LogP) is 3.44. The highest BCUT2D eigenvalue weighted by Crippen LogP contribution is 2.25. The maximum absolute atomic E-state index is 12.4. The van der Waals surface area contributed by atoms with E-state index in [2.05, 4.69) is 5.10 Å². The molecule has 0 bridgehead atoms. The smallest absolute Gasteiger partial charge is 0.354 e. The number of amides is 1. The van der Waals surface area contributed by atoms with Crippen LogP contribution in [0.4, 0.5) is 11.4 Å². The lowest BCUT2D eigenvalue weighted by atomic mass is 10.1. The van der Waals surface area contributed by atoms with Crippen molar-refractivity contribution in [3.63, 3.8) is 0 Å². The number of hydrogen-bond donors (Lipinski definition) is 0. The Morgan fingerprint density at radius 2 is 2.00 bits per heavy atom. The summed E-state index contributed by atoms with van der Waals surface area (Å²) in [6.07, 6.45) is 0.339. The van der Waals surface area contributed by atoms with Gasteiger partial charge in [-0.1, -0.05) is 24.3 Å². The molecule has 0 unspecified atom stereocenters. The zero-order chi connectivity index (χ0) is 20.3. The Balaban J connectivity index is 1.76. The number of aryl methyl sites for hydroxylation is 2. The molecule has 1 aliphatic heterocycles. The van der Waals surface area contributed by atoms with Crippen LogP contribution < -0.4 is 5.01 Å². The monoisotopic (exact) mass is 381 g/mol. The minimum Gasteiger partial charge on any atom is -0.456 e. The highest BCUT2D eigenvalue weighted by Gasteiger charge is 2.27. The third-order valence-corrected chi connectivity index (χ3v) is 4.35. The maximum atomic E-state index is 12.4. The SMILES string of the molecule is Cc1ccc(C)c(N2N=C(C(=O)OCc3cccc([N+](=O)[O-])c3)CCC2=O)c1. The second-order valence-electron chi connectivity index (χ2n) is 6.55. The number of hydrazone groups is 1. The first-order valence-corrected chi connectivity index (χ1v) is 8.73. The molecule has 1 amide bonds. The lowest BCUT2D eigenvalue weighted by molar-refractivity contribution is -0.384. The fourth-order valence-corrected chi connectivity index (χ4v) is 2.83. The van der Waals surface area contributed by atoms with Gasteiger partial charge in [0.05, 0.1) is 10.6 Å². The van der Waals surface area contributed by atoms with Crippen molar-refractivity contribution in [2.75, 3.05) is 5.01 Å². The summed E-state index contributed by atoms with van der Waals surface area (Å²) in [6.45, 7) is 3.67. The number of anilines is 1. The van der Waals surface area contributed by atoms with Gasteiger partial charge < -0.3 is 4.74 Å². The summed E-state index contributed by atoms with van der Waals surface area (Å²) >= 11 is 0. The average Bonchev–Trinajstić information content (AvgIpc) is 2.68. The van der Waals surface area contributed by atoms with Crippen LogP contribution in [0, 0.1) is 24.0 Å². The molecule has 2 aromatic carbocycles. The van der Waals surface area contributed by atoms with Gasteiger partial charge in [0.2, 0.25) is 5.91 Å². The summed E-state index contributed by atoms with van der Waals surface area (Å²) < 4.78 is 5.25. The Labute approximate surface area is 161 Å². The van der Waals surface area contributed by atoms with Crippen molar-refractivity contribution in [2.24, 2.45) is 5.10 Å². The van der Waals surface area contributed by atoms with Gasteiger partial charge >= 0.3 is 5.97 Å². The van der Waals surface area contributed by atoms with Gasteiger partial charge in [-0.15, -0.1) is 0 Å². The number of nitro benzene ring substituents is 1. The number of ether oxygens (including phenoxy) is 1. The standard InChI is InChI=1S/C20H19N3O5/c1-13-6-7-14(2)18(10-13)22-19(24)9-8-17(21-22)20(25)28-12-15-4-3-5-16(11-15)23(26)27/h3-7,10-11H,8-9,12H2,1-2H3. The Bertz CT molecular complexity index is 984. The molecule has 8 heteroatoms. The largest absolute Gasteiger partial charge is 0.456 e. The molecule has 8 nitrogen and oxygen atoms in total. The van der Waals surface area contributed by atoms with E-state index < -0.39 is 10.9 Å². The van der Waals surface area contributed by atoms with Gasteiger partial charge in [-0.3, -0.25) is 14.9 Å². The minimum atomic E-state index is -0.644. The van der Waals surface area contributed by atoms with Crippen LogP contribution in [0.25, 0.3) is 0 Å². The number of benzene rings is 2. The first kappa shape index (κ1) is 19.2. The summed E-state index contributed by atoms with van der Waals surface area (Å²) in [7, 11) is 0. The van der Waals surface area contributed by atoms with Gasteiger partial charge in [-0.2, -0.15) is 10.1 Å². The lowest BCUT2D eigenvalue weighted by Crippen LogP contribution is -2.35. The Morgan fingerprint density at radius 1 is 1.21 bits per heavy atom. The minimum absolute atomic E-state index is 0.0738. The molecule has 0 spiro atoms. The number of carbonyl (C=O) groups excluding carboxylic acids is 2. The summed E-state index contributed by atoms with van der Waals surface area (Å²) in [4.78, 5) is 35.0. The number of non-ortho nitro benzene ring substituents is 1. The van der Waals surface area contributed by atoms with E-state index in [0.29, 0.717) is 11.3 Å². The first-order valence-electron chi connectivity index (χ1n) is 8.73. The van der Waals surface area contributed by atoms with Gasteiger partial charge in [0.25, 0.3) is 5.69 Å². The summed E-state index contributed by atoms with van der Waals surface area (Å²) in [6, 6.07) is 11.5. The number of nitro groups is 1. The van der Waals surface area contributed by atoms with Crippen molar-refractivity contribution >= 4 is 29.0 Å². The topological polar surface area (TPSA) is 102 Å². The third kappa shape index (κ3) is 4.22. The molecule has 2 aromatic rings. The number of carbonyl (C=O) groups is 2. The van der Waals surface area contributed by atoms with Gasteiger partial charge in [0.15, 0.2) is 0 Å². The highest BCUT2D eigenvalue weighted by molar-refractivity contribution is 6.38. The molecule has 0 aliphatic carbocycles. The molecule has 1 heterocycles. The van der Waals surface area contributed by atoms with E-state index in [1.165, 1.54) is 23.2 Å². The molecule has 1 aliphatic rings. The number of hydrogen-bond acceptors (Lipinski definition) is 6. The van der Waals surface area contributed by atoms with Crippen molar-refractivity contribution in [1.82, 2.24) is 0 Å². The van der Waals surface area contributed by atoms with Gasteiger partial charge in [0, 0.05) is 25.0 Å². The zero-order valence-corrected chi connectivity index (χ0v) is 15.5. The van der Waals surface area contributed by atoms with Gasteiger partial charge in [-0.25, -0.2) is 4.79 Å². The second-order valence-corrected chi connectivity index (χ2v) is 6.55. The predicted molar refractivity (Wildman–Crippen MR) is 103 cm³/mol. The average molecular weight is 381 g/mol. The number of nitrogens with zero attached hydrogens (tertiary/aromatic N) is 3. The lowest BCUT2D eigenvalue weighted by Gasteiger charge is -2.24. The second kappa shape index (κ2) is 7.99. The number of esters is 1. The van der Waals surface area contributed by atoms with Crippen molar-refractivity contribution < 1.29 is 19.2 Å². The van der Waals surface area contributed by atoms with Gasteiger partial charge in [-0.05, 0) is 36.6 Å². The fourth-order valence-electron chi connectivity index (χ4n) is 2.83. The van der Waals surface area contributed by atoms with Crippen molar-refractivity contribution in [2.45, 2.75) is 33.3 Å². The summed E-state index contributed by atoms with van der Waals surface area (Å²) in [5, 5.41) is 16.3. The molecule has 3 rings (SSSR count). The van der Waals surface area contributed by atoms with Crippen molar-refractivity contribution in [1.29, 1.82) is 0 Å². The van der Waals surface area contributed by atoms with Crippen molar-refractivity contribution in [3.8, 4) is 0 Å². The first-order chi connectivity index (χ1) is 13.3. The van der Waals surface area contributed by atoms with Crippen LogP contribution in [-0.4, -0.2) is 22.5 Å². The van der Waals surface area contributed by atoms with Crippen LogP contribution in [0.5, 0.6) is 0 Å². The number of rotatable bonds is 5. The van der Waals surface area contributed by atoms with E-state index in [9.17, 15) is 19.7 Å². The van der Waals surface area contributed by atoms with Crippen LogP contribution >= 0.6 is 0 Å². The maximum Gasteiger partial charge on any atom is 0.354 e. The molecule has 28 heavy (non-hydrogen) atoms. The quantitative estimate of drug-likeness (QED) is 0.448.